The van der Waals surface area contributed by atoms with Gasteiger partial charge in [0.1, 0.15) is 13.1 Å². The molecule has 3 aromatic rings. The molecule has 2 heterocycles. The molecular weight excluding hydrogens is 316 g/mol. The Kier molecular flexibility index (Phi) is 4.34. The second kappa shape index (κ2) is 6.24. The molecule has 1 atom stereocenters. The van der Waals surface area contributed by atoms with Gasteiger partial charge in [-0.3, -0.25) is 4.79 Å². The van der Waals surface area contributed by atoms with Crippen LogP contribution in [0.25, 0.3) is 10.9 Å². The molecule has 2 aromatic heterocycles. The van der Waals surface area contributed by atoms with Crippen molar-refractivity contribution in [3.05, 3.63) is 56.9 Å². The van der Waals surface area contributed by atoms with Crippen LogP contribution in [0.1, 0.15) is 20.9 Å². The molecule has 0 aliphatic rings. The van der Waals surface area contributed by atoms with E-state index in [2.05, 4.69) is 4.98 Å². The Bertz CT molecular complexity index is 821. The predicted molar refractivity (Wildman–Crippen MR) is 92.2 cm³/mol. The van der Waals surface area contributed by atoms with Gasteiger partial charge in [0.2, 0.25) is 5.78 Å². The fourth-order valence-electron chi connectivity index (χ4n) is 2.81. The quantitative estimate of drug-likeness (QED) is 0.692. The van der Waals surface area contributed by atoms with E-state index in [1.54, 1.807) is 11.3 Å². The van der Waals surface area contributed by atoms with E-state index in [0.717, 1.165) is 37.9 Å². The minimum atomic E-state index is 0.176. The molecule has 1 aromatic carbocycles. The van der Waals surface area contributed by atoms with E-state index >= 15 is 0 Å². The third-order valence-electron chi connectivity index (χ3n) is 3.74. The standard InChI is InChI=1S/C17H17ClN2OS/c1-11-17(13-5-3-4-6-14(13)19-11)15(21)10-20(2)9-12-7-8-16(18)22-12/h3-8,19H,9-10H2,1-2H3/p+1. The number of para-hydroxylation sites is 1. The van der Waals surface area contributed by atoms with Gasteiger partial charge in [-0.25, -0.2) is 0 Å². The minimum absolute atomic E-state index is 0.176. The number of likely N-dealkylation sites (N-methyl/N-ethyl adjacent to an activating group) is 1. The zero-order valence-electron chi connectivity index (χ0n) is 12.6. The number of rotatable bonds is 5. The molecule has 0 saturated heterocycles. The number of hydrogen-bond acceptors (Lipinski definition) is 2. The van der Waals surface area contributed by atoms with E-state index in [9.17, 15) is 4.79 Å². The summed E-state index contributed by atoms with van der Waals surface area (Å²) >= 11 is 7.53. The molecule has 0 fully saturated rings. The Morgan fingerprint density at radius 1 is 1.27 bits per heavy atom. The van der Waals surface area contributed by atoms with Crippen LogP contribution in [-0.4, -0.2) is 24.4 Å². The number of ketones is 1. The summed E-state index contributed by atoms with van der Waals surface area (Å²) in [7, 11) is 2.04. The number of fused-ring (bicyclic) bond motifs is 1. The number of hydrogen-bond donors (Lipinski definition) is 2. The first-order chi connectivity index (χ1) is 10.5. The van der Waals surface area contributed by atoms with Gasteiger partial charge >= 0.3 is 0 Å². The highest BCUT2D eigenvalue weighted by molar-refractivity contribution is 7.16. The lowest BCUT2D eigenvalue weighted by Gasteiger charge is -2.12. The van der Waals surface area contributed by atoms with Crippen molar-refractivity contribution in [2.45, 2.75) is 13.5 Å². The average molecular weight is 334 g/mol. The van der Waals surface area contributed by atoms with Crippen molar-refractivity contribution in [3.63, 3.8) is 0 Å². The number of nitrogens with one attached hydrogen (secondary N) is 2. The van der Waals surface area contributed by atoms with Gasteiger partial charge < -0.3 is 9.88 Å². The van der Waals surface area contributed by atoms with Crippen LogP contribution in [0, 0.1) is 6.92 Å². The van der Waals surface area contributed by atoms with Crippen molar-refractivity contribution in [1.29, 1.82) is 0 Å². The largest absolute Gasteiger partial charge is 0.358 e. The van der Waals surface area contributed by atoms with E-state index in [-0.39, 0.29) is 5.78 Å². The van der Waals surface area contributed by atoms with Crippen molar-refractivity contribution in [2.24, 2.45) is 0 Å². The van der Waals surface area contributed by atoms with Crippen LogP contribution in [-0.2, 0) is 6.54 Å². The summed E-state index contributed by atoms with van der Waals surface area (Å²) in [5, 5.41) is 1.01. The Hall–Kier alpha value is -1.62. The maximum atomic E-state index is 12.7. The molecular formula is C17H18ClN2OS+. The summed E-state index contributed by atoms with van der Waals surface area (Å²) in [5.74, 6) is 0.176. The molecule has 3 nitrogen and oxygen atoms in total. The van der Waals surface area contributed by atoms with Gasteiger partial charge in [0.15, 0.2) is 0 Å². The maximum Gasteiger partial charge on any atom is 0.219 e. The van der Waals surface area contributed by atoms with E-state index in [1.165, 1.54) is 4.88 Å². The maximum absolute atomic E-state index is 12.7. The van der Waals surface area contributed by atoms with Crippen LogP contribution in [0.2, 0.25) is 4.34 Å². The SMILES string of the molecule is Cc1[nH]c2ccccc2c1C(=O)C[NH+](C)Cc1ccc(Cl)s1. The number of carbonyl (C=O) groups excluding carboxylic acids is 1. The van der Waals surface area contributed by atoms with Crippen LogP contribution >= 0.6 is 22.9 Å². The zero-order valence-corrected chi connectivity index (χ0v) is 14.1. The summed E-state index contributed by atoms with van der Waals surface area (Å²) in [4.78, 5) is 18.3. The first kappa shape index (κ1) is 15.3. The predicted octanol–water partition coefficient (Wildman–Crippen LogP) is 3.09. The summed E-state index contributed by atoms with van der Waals surface area (Å²) in [6.45, 7) is 3.24. The lowest BCUT2D eigenvalue weighted by Crippen LogP contribution is -3.08. The van der Waals surface area contributed by atoms with Crippen LogP contribution in [0.5, 0.6) is 0 Å². The molecule has 2 N–H and O–H groups in total. The molecule has 0 amide bonds. The molecule has 3 rings (SSSR count). The Morgan fingerprint density at radius 2 is 2.05 bits per heavy atom. The van der Waals surface area contributed by atoms with Crippen molar-refractivity contribution in [3.8, 4) is 0 Å². The fraction of sp³-hybridized carbons (Fsp3) is 0.235. The lowest BCUT2D eigenvalue weighted by atomic mass is 10.1. The molecule has 0 spiro atoms. The number of Topliss-reactive ketones (excluding diaryl/α,β-unsaturated/α-hetero) is 1. The van der Waals surface area contributed by atoms with Crippen LogP contribution < -0.4 is 4.90 Å². The second-order valence-electron chi connectivity index (χ2n) is 5.61. The van der Waals surface area contributed by atoms with Gasteiger partial charge in [-0.2, -0.15) is 0 Å². The van der Waals surface area contributed by atoms with E-state index in [4.69, 9.17) is 11.6 Å². The highest BCUT2D eigenvalue weighted by Crippen LogP contribution is 2.22. The van der Waals surface area contributed by atoms with Crippen molar-refractivity contribution < 1.29 is 9.69 Å². The third kappa shape index (κ3) is 3.09. The van der Waals surface area contributed by atoms with Crippen LogP contribution in [0.4, 0.5) is 0 Å². The first-order valence-electron chi connectivity index (χ1n) is 7.20. The first-order valence-corrected chi connectivity index (χ1v) is 8.40. The van der Waals surface area contributed by atoms with Gasteiger partial charge in [-0.1, -0.05) is 29.8 Å². The number of thiophene rings is 1. The van der Waals surface area contributed by atoms with E-state index in [1.807, 2.05) is 50.4 Å². The normalized spacial score (nSPS) is 12.7. The topological polar surface area (TPSA) is 37.3 Å². The van der Waals surface area contributed by atoms with Gasteiger partial charge in [0, 0.05) is 16.6 Å². The summed E-state index contributed by atoms with van der Waals surface area (Å²) in [6, 6.07) is 11.9. The minimum Gasteiger partial charge on any atom is -0.358 e. The number of H-pyrrole nitrogens is 1. The van der Waals surface area contributed by atoms with E-state index < -0.39 is 0 Å². The number of aromatic nitrogens is 1. The molecule has 0 aliphatic heterocycles. The number of quaternary nitrogens is 1. The molecule has 0 bridgehead atoms. The lowest BCUT2D eigenvalue weighted by molar-refractivity contribution is -0.884. The number of carbonyl (C=O) groups is 1. The monoisotopic (exact) mass is 333 g/mol. The summed E-state index contributed by atoms with van der Waals surface area (Å²) in [6.07, 6.45) is 0. The Balaban J connectivity index is 1.77. The highest BCUT2D eigenvalue weighted by atomic mass is 35.5. The summed E-state index contributed by atoms with van der Waals surface area (Å²) in [5.41, 5.74) is 2.78. The Labute approximate surface area is 138 Å². The zero-order chi connectivity index (χ0) is 15.7. The molecule has 1 unspecified atom stereocenters. The van der Waals surface area contributed by atoms with Crippen molar-refractivity contribution >= 4 is 39.6 Å². The molecule has 0 radical (unpaired) electrons. The van der Waals surface area contributed by atoms with Crippen molar-refractivity contribution in [2.75, 3.05) is 13.6 Å². The molecule has 22 heavy (non-hydrogen) atoms. The van der Waals surface area contributed by atoms with Gasteiger partial charge in [0.25, 0.3) is 0 Å². The van der Waals surface area contributed by atoms with Crippen LogP contribution in [0.3, 0.4) is 0 Å². The average Bonchev–Trinajstić information content (AvgIpc) is 3.00. The molecule has 0 saturated carbocycles. The fourth-order valence-corrected chi connectivity index (χ4v) is 4.01. The second-order valence-corrected chi connectivity index (χ2v) is 7.41. The van der Waals surface area contributed by atoms with Crippen molar-refractivity contribution in [1.82, 2.24) is 4.98 Å². The Morgan fingerprint density at radius 3 is 2.77 bits per heavy atom. The van der Waals surface area contributed by atoms with Crippen LogP contribution in [0.15, 0.2) is 36.4 Å². The highest BCUT2D eigenvalue weighted by Gasteiger charge is 2.19. The number of halogens is 1. The molecule has 5 heteroatoms. The molecule has 114 valence electrons. The van der Waals surface area contributed by atoms with E-state index in [0.29, 0.717) is 6.54 Å². The third-order valence-corrected chi connectivity index (χ3v) is 4.97. The smallest absolute Gasteiger partial charge is 0.219 e. The number of benzene rings is 1. The number of aromatic amines is 1. The number of aryl methyl sites for hydroxylation is 1. The van der Waals surface area contributed by atoms with Gasteiger partial charge in [0.05, 0.1) is 21.8 Å². The molecule has 0 aliphatic carbocycles. The summed E-state index contributed by atoms with van der Waals surface area (Å²) < 4.78 is 0.793. The van der Waals surface area contributed by atoms with Gasteiger partial charge in [-0.05, 0) is 25.1 Å². The van der Waals surface area contributed by atoms with Gasteiger partial charge in [-0.15, -0.1) is 11.3 Å².